The van der Waals surface area contributed by atoms with Gasteiger partial charge in [0.25, 0.3) is 0 Å². The van der Waals surface area contributed by atoms with Crippen molar-refractivity contribution in [2.24, 2.45) is 0 Å². The second-order valence-electron chi connectivity index (χ2n) is 4.31. The minimum absolute atomic E-state index is 0.0513. The number of carbonyl (C=O) groups is 1. The third-order valence-corrected chi connectivity index (χ3v) is 3.02. The number of hydrogen-bond acceptors (Lipinski definition) is 7. The summed E-state index contributed by atoms with van der Waals surface area (Å²) in [5, 5.41) is 3.00. The van der Waals surface area contributed by atoms with Crippen LogP contribution in [0, 0.1) is 0 Å². The van der Waals surface area contributed by atoms with Crippen LogP contribution < -0.4 is 10.1 Å². The number of hydrogen-bond donors (Lipinski definition) is 1. The molecule has 2 heterocycles. The van der Waals surface area contributed by atoms with Crippen LogP contribution in [0.25, 0.3) is 0 Å². The van der Waals surface area contributed by atoms with Gasteiger partial charge in [-0.2, -0.15) is 15.0 Å². The topological polar surface area (TPSA) is 89.5 Å². The maximum Gasteiger partial charge on any atom is 0.322 e. The molecule has 1 aromatic rings. The number of aromatic nitrogens is 3. The minimum atomic E-state index is 0.0513. The first-order chi connectivity index (χ1) is 10.2. The Labute approximate surface area is 127 Å². The van der Waals surface area contributed by atoms with Gasteiger partial charge in [0.2, 0.25) is 17.1 Å². The zero-order valence-corrected chi connectivity index (χ0v) is 12.6. The average molecular weight is 316 g/mol. The van der Waals surface area contributed by atoms with Crippen molar-refractivity contribution < 1.29 is 14.3 Å². The Kier molecular flexibility index (Phi) is 5.94. The van der Waals surface area contributed by atoms with Crippen molar-refractivity contribution in [2.45, 2.75) is 13.3 Å². The molecule has 0 spiro atoms. The summed E-state index contributed by atoms with van der Waals surface area (Å²) in [4.78, 5) is 25.6. The van der Waals surface area contributed by atoms with Gasteiger partial charge in [-0.1, -0.05) is 0 Å². The fourth-order valence-electron chi connectivity index (χ4n) is 1.86. The molecule has 116 valence electrons. The van der Waals surface area contributed by atoms with Gasteiger partial charge in [0, 0.05) is 26.1 Å². The summed E-state index contributed by atoms with van der Waals surface area (Å²) in [5.41, 5.74) is 0. The third-order valence-electron chi connectivity index (χ3n) is 2.85. The lowest BCUT2D eigenvalue weighted by Crippen LogP contribution is -2.41. The molecule has 1 saturated heterocycles. The van der Waals surface area contributed by atoms with Gasteiger partial charge in [0.1, 0.15) is 0 Å². The first-order valence-electron chi connectivity index (χ1n) is 6.83. The second kappa shape index (κ2) is 7.94. The number of nitrogens with one attached hydrogen (secondary N) is 1. The van der Waals surface area contributed by atoms with Crippen LogP contribution in [0.4, 0.5) is 5.95 Å². The van der Waals surface area contributed by atoms with Crippen molar-refractivity contribution in [3.05, 3.63) is 5.28 Å². The molecule has 0 unspecified atom stereocenters. The average Bonchev–Trinajstić information content (AvgIpc) is 2.48. The molecule has 0 radical (unpaired) electrons. The van der Waals surface area contributed by atoms with Crippen LogP contribution in [0.3, 0.4) is 0 Å². The standard InChI is InChI=1S/C12H18ClN5O3/c1-2-21-12-16-10(13)15-11(17-12)14-4-3-9(19)18-5-7-20-8-6-18/h2-8H2,1H3,(H,14,15,16,17). The Balaban J connectivity index is 1.81. The Morgan fingerprint density at radius 3 is 2.86 bits per heavy atom. The highest BCUT2D eigenvalue weighted by molar-refractivity contribution is 6.28. The third kappa shape index (κ3) is 4.98. The normalized spacial score (nSPS) is 14.9. The van der Waals surface area contributed by atoms with E-state index in [-0.39, 0.29) is 17.2 Å². The fraction of sp³-hybridized carbons (Fsp3) is 0.667. The predicted octanol–water partition coefficient (Wildman–Crippen LogP) is 0.584. The zero-order chi connectivity index (χ0) is 15.1. The van der Waals surface area contributed by atoms with Gasteiger partial charge >= 0.3 is 6.01 Å². The van der Waals surface area contributed by atoms with Crippen molar-refractivity contribution in [1.29, 1.82) is 0 Å². The lowest BCUT2D eigenvalue weighted by Gasteiger charge is -2.26. The van der Waals surface area contributed by atoms with E-state index < -0.39 is 0 Å². The Morgan fingerprint density at radius 2 is 2.14 bits per heavy atom. The molecular weight excluding hydrogens is 298 g/mol. The number of morpholine rings is 1. The van der Waals surface area contributed by atoms with E-state index in [1.165, 1.54) is 0 Å². The minimum Gasteiger partial charge on any atom is -0.464 e. The van der Waals surface area contributed by atoms with E-state index in [0.29, 0.717) is 51.8 Å². The Morgan fingerprint density at radius 1 is 1.38 bits per heavy atom. The maximum atomic E-state index is 12.0. The van der Waals surface area contributed by atoms with Crippen molar-refractivity contribution in [1.82, 2.24) is 19.9 Å². The van der Waals surface area contributed by atoms with Crippen LogP contribution in [0.5, 0.6) is 6.01 Å². The summed E-state index contributed by atoms with van der Waals surface area (Å²) in [5.74, 6) is 0.379. The van der Waals surface area contributed by atoms with Crippen molar-refractivity contribution in [3.63, 3.8) is 0 Å². The largest absolute Gasteiger partial charge is 0.464 e. The highest BCUT2D eigenvalue weighted by atomic mass is 35.5. The number of ether oxygens (including phenoxy) is 2. The predicted molar refractivity (Wildman–Crippen MR) is 76.5 cm³/mol. The molecular formula is C12H18ClN5O3. The highest BCUT2D eigenvalue weighted by Crippen LogP contribution is 2.11. The van der Waals surface area contributed by atoms with Gasteiger partial charge < -0.3 is 19.7 Å². The van der Waals surface area contributed by atoms with Gasteiger partial charge in [-0.15, -0.1) is 0 Å². The smallest absolute Gasteiger partial charge is 0.322 e. The van der Waals surface area contributed by atoms with Crippen LogP contribution in [-0.2, 0) is 9.53 Å². The molecule has 1 amide bonds. The molecule has 0 aliphatic carbocycles. The van der Waals surface area contributed by atoms with Gasteiger partial charge in [-0.05, 0) is 18.5 Å². The number of rotatable bonds is 6. The van der Waals surface area contributed by atoms with Crippen LogP contribution in [-0.4, -0.2) is 65.2 Å². The fourth-order valence-corrected chi connectivity index (χ4v) is 2.01. The van der Waals surface area contributed by atoms with Gasteiger partial charge in [0.15, 0.2) is 0 Å². The zero-order valence-electron chi connectivity index (χ0n) is 11.8. The summed E-state index contributed by atoms with van der Waals surface area (Å²) in [6.07, 6.45) is 0.354. The van der Waals surface area contributed by atoms with Crippen molar-refractivity contribution in [3.8, 4) is 6.01 Å². The van der Waals surface area contributed by atoms with Crippen molar-refractivity contribution in [2.75, 3.05) is 44.8 Å². The van der Waals surface area contributed by atoms with E-state index >= 15 is 0 Å². The first-order valence-corrected chi connectivity index (χ1v) is 7.20. The molecule has 0 atom stereocenters. The molecule has 0 bridgehead atoms. The summed E-state index contributed by atoms with van der Waals surface area (Å²) in [7, 11) is 0. The number of halogens is 1. The summed E-state index contributed by atoms with van der Waals surface area (Å²) >= 11 is 5.78. The molecule has 1 aromatic heterocycles. The van der Waals surface area contributed by atoms with Crippen LogP contribution in [0.2, 0.25) is 5.28 Å². The van der Waals surface area contributed by atoms with Crippen LogP contribution in [0.1, 0.15) is 13.3 Å². The lowest BCUT2D eigenvalue weighted by molar-refractivity contribution is -0.134. The van der Waals surface area contributed by atoms with Crippen LogP contribution in [0.15, 0.2) is 0 Å². The van der Waals surface area contributed by atoms with E-state index in [0.717, 1.165) is 0 Å². The molecule has 1 aliphatic heterocycles. The van der Waals surface area contributed by atoms with Gasteiger partial charge in [0.05, 0.1) is 19.8 Å². The van der Waals surface area contributed by atoms with E-state index in [2.05, 4.69) is 20.3 Å². The van der Waals surface area contributed by atoms with Crippen molar-refractivity contribution >= 4 is 23.5 Å². The number of amides is 1. The molecule has 8 nitrogen and oxygen atoms in total. The SMILES string of the molecule is CCOc1nc(Cl)nc(NCCC(=O)N2CCOCC2)n1. The van der Waals surface area contributed by atoms with Gasteiger partial charge in [-0.25, -0.2) is 0 Å². The van der Waals surface area contributed by atoms with E-state index in [4.69, 9.17) is 21.1 Å². The van der Waals surface area contributed by atoms with Gasteiger partial charge in [-0.3, -0.25) is 4.79 Å². The Hall–Kier alpha value is -1.67. The lowest BCUT2D eigenvalue weighted by atomic mass is 10.3. The molecule has 0 saturated carbocycles. The molecule has 1 N–H and O–H groups in total. The molecule has 21 heavy (non-hydrogen) atoms. The molecule has 2 rings (SSSR count). The van der Waals surface area contributed by atoms with E-state index in [1.807, 2.05) is 6.92 Å². The van der Waals surface area contributed by atoms with Crippen LogP contribution >= 0.6 is 11.6 Å². The van der Waals surface area contributed by atoms with E-state index in [9.17, 15) is 4.79 Å². The quantitative estimate of drug-likeness (QED) is 0.821. The molecule has 1 aliphatic rings. The van der Waals surface area contributed by atoms with E-state index in [1.54, 1.807) is 4.90 Å². The first kappa shape index (κ1) is 15.7. The molecule has 9 heteroatoms. The summed E-state index contributed by atoms with van der Waals surface area (Å²) in [6, 6.07) is 0.166. The number of nitrogens with zero attached hydrogens (tertiary/aromatic N) is 4. The highest BCUT2D eigenvalue weighted by Gasteiger charge is 2.16. The number of carbonyl (C=O) groups excluding carboxylic acids is 1. The Bertz CT molecular complexity index is 482. The second-order valence-corrected chi connectivity index (χ2v) is 4.65. The summed E-state index contributed by atoms with van der Waals surface area (Å²) in [6.45, 7) is 5.17. The number of anilines is 1. The molecule has 0 aromatic carbocycles. The monoisotopic (exact) mass is 315 g/mol. The summed E-state index contributed by atoms with van der Waals surface area (Å²) < 4.78 is 10.4. The molecule has 1 fully saturated rings. The maximum absolute atomic E-state index is 12.0.